The summed E-state index contributed by atoms with van der Waals surface area (Å²) in [5.41, 5.74) is 0. The number of likely N-dealkylation sites (tertiary alicyclic amines) is 1. The summed E-state index contributed by atoms with van der Waals surface area (Å²) >= 11 is 0. The predicted molar refractivity (Wildman–Crippen MR) is 67.8 cm³/mol. The highest BCUT2D eigenvalue weighted by atomic mass is 15.2. The SMILES string of the molecule is CC1CCN(CCNC2=NCCCN2)CC1. The van der Waals surface area contributed by atoms with Crippen LogP contribution in [0.5, 0.6) is 0 Å². The van der Waals surface area contributed by atoms with E-state index in [1.54, 1.807) is 0 Å². The minimum atomic E-state index is 0.925. The Balaban J connectivity index is 1.59. The maximum atomic E-state index is 4.40. The molecule has 2 N–H and O–H groups in total. The van der Waals surface area contributed by atoms with Crippen molar-refractivity contribution in [1.82, 2.24) is 15.5 Å². The van der Waals surface area contributed by atoms with Gasteiger partial charge in [-0.2, -0.15) is 0 Å². The van der Waals surface area contributed by atoms with Crippen LogP contribution in [0.15, 0.2) is 4.99 Å². The lowest BCUT2D eigenvalue weighted by atomic mass is 9.99. The molecule has 16 heavy (non-hydrogen) atoms. The van der Waals surface area contributed by atoms with E-state index < -0.39 is 0 Å². The molecule has 4 heteroatoms. The zero-order valence-electron chi connectivity index (χ0n) is 10.3. The van der Waals surface area contributed by atoms with Gasteiger partial charge in [-0.05, 0) is 38.3 Å². The van der Waals surface area contributed by atoms with Crippen LogP contribution in [0.25, 0.3) is 0 Å². The van der Waals surface area contributed by atoms with Crippen molar-refractivity contribution < 1.29 is 0 Å². The lowest BCUT2D eigenvalue weighted by Crippen LogP contribution is -2.45. The lowest BCUT2D eigenvalue weighted by molar-refractivity contribution is 0.195. The van der Waals surface area contributed by atoms with Gasteiger partial charge in [0.15, 0.2) is 5.96 Å². The Bertz CT molecular complexity index is 231. The fourth-order valence-electron chi connectivity index (χ4n) is 2.27. The Morgan fingerprint density at radius 2 is 2.25 bits per heavy atom. The van der Waals surface area contributed by atoms with Crippen LogP contribution in [-0.4, -0.2) is 50.1 Å². The number of hydrogen-bond acceptors (Lipinski definition) is 4. The van der Waals surface area contributed by atoms with Gasteiger partial charge in [-0.1, -0.05) is 6.92 Å². The summed E-state index contributed by atoms with van der Waals surface area (Å²) in [6.45, 7) is 9.08. The Morgan fingerprint density at radius 1 is 1.44 bits per heavy atom. The van der Waals surface area contributed by atoms with Gasteiger partial charge in [0, 0.05) is 26.2 Å². The highest BCUT2D eigenvalue weighted by Gasteiger charge is 2.14. The number of rotatable bonds is 3. The second-order valence-corrected chi connectivity index (χ2v) is 4.96. The molecular formula is C12H24N4. The molecule has 0 atom stereocenters. The molecular weight excluding hydrogens is 200 g/mol. The van der Waals surface area contributed by atoms with Crippen molar-refractivity contribution in [2.24, 2.45) is 10.9 Å². The largest absolute Gasteiger partial charge is 0.356 e. The van der Waals surface area contributed by atoms with Crippen LogP contribution >= 0.6 is 0 Å². The summed E-state index contributed by atoms with van der Waals surface area (Å²) in [7, 11) is 0. The molecule has 0 aromatic carbocycles. The third-order valence-corrected chi connectivity index (χ3v) is 3.49. The molecule has 1 saturated heterocycles. The van der Waals surface area contributed by atoms with Crippen LogP contribution in [0.2, 0.25) is 0 Å². The quantitative estimate of drug-likeness (QED) is 0.740. The number of nitrogens with zero attached hydrogens (tertiary/aromatic N) is 2. The van der Waals surface area contributed by atoms with Crippen molar-refractivity contribution in [3.05, 3.63) is 0 Å². The first-order valence-corrected chi connectivity index (χ1v) is 6.59. The maximum absolute atomic E-state index is 4.40. The zero-order chi connectivity index (χ0) is 11.2. The van der Waals surface area contributed by atoms with Crippen LogP contribution in [0.3, 0.4) is 0 Å². The Kier molecular flexibility index (Phi) is 4.45. The number of nitrogens with one attached hydrogen (secondary N) is 2. The van der Waals surface area contributed by atoms with E-state index in [4.69, 9.17) is 0 Å². The first kappa shape index (κ1) is 11.7. The molecule has 0 saturated carbocycles. The average Bonchev–Trinajstić information content (AvgIpc) is 2.33. The average molecular weight is 224 g/mol. The summed E-state index contributed by atoms with van der Waals surface area (Å²) in [6.07, 6.45) is 3.88. The summed E-state index contributed by atoms with van der Waals surface area (Å²) in [5.74, 6) is 1.92. The molecule has 0 amide bonds. The van der Waals surface area contributed by atoms with Gasteiger partial charge in [-0.3, -0.25) is 4.99 Å². The predicted octanol–water partition coefficient (Wildman–Crippen LogP) is 0.657. The Morgan fingerprint density at radius 3 is 2.94 bits per heavy atom. The van der Waals surface area contributed by atoms with E-state index >= 15 is 0 Å². The van der Waals surface area contributed by atoms with Crippen molar-refractivity contribution in [3.63, 3.8) is 0 Å². The lowest BCUT2D eigenvalue weighted by Gasteiger charge is -2.30. The van der Waals surface area contributed by atoms with Crippen LogP contribution in [0, 0.1) is 5.92 Å². The molecule has 2 aliphatic rings. The molecule has 0 aromatic heterocycles. The van der Waals surface area contributed by atoms with E-state index in [1.165, 1.54) is 25.9 Å². The van der Waals surface area contributed by atoms with E-state index in [-0.39, 0.29) is 0 Å². The molecule has 0 spiro atoms. The van der Waals surface area contributed by atoms with Gasteiger partial charge in [-0.25, -0.2) is 0 Å². The number of piperidine rings is 1. The van der Waals surface area contributed by atoms with E-state index in [0.29, 0.717) is 0 Å². The number of aliphatic imine (C=N–C) groups is 1. The van der Waals surface area contributed by atoms with E-state index in [2.05, 4.69) is 27.4 Å². The molecule has 2 aliphatic heterocycles. The van der Waals surface area contributed by atoms with E-state index in [1.807, 2.05) is 0 Å². The van der Waals surface area contributed by atoms with Gasteiger partial charge in [0.05, 0.1) is 0 Å². The molecule has 0 aliphatic carbocycles. The monoisotopic (exact) mass is 224 g/mol. The molecule has 4 nitrogen and oxygen atoms in total. The highest BCUT2D eigenvalue weighted by molar-refractivity contribution is 5.80. The third-order valence-electron chi connectivity index (χ3n) is 3.49. The van der Waals surface area contributed by atoms with Gasteiger partial charge >= 0.3 is 0 Å². The Labute approximate surface area is 98.5 Å². The van der Waals surface area contributed by atoms with E-state index in [0.717, 1.165) is 44.5 Å². The van der Waals surface area contributed by atoms with Gasteiger partial charge < -0.3 is 15.5 Å². The van der Waals surface area contributed by atoms with Crippen LogP contribution in [0.1, 0.15) is 26.2 Å². The molecule has 0 unspecified atom stereocenters. The molecule has 0 radical (unpaired) electrons. The minimum absolute atomic E-state index is 0.925. The number of guanidine groups is 1. The second-order valence-electron chi connectivity index (χ2n) is 4.96. The summed E-state index contributed by atoms with van der Waals surface area (Å²) in [5, 5.41) is 6.66. The summed E-state index contributed by atoms with van der Waals surface area (Å²) in [4.78, 5) is 6.95. The van der Waals surface area contributed by atoms with Crippen molar-refractivity contribution in [3.8, 4) is 0 Å². The van der Waals surface area contributed by atoms with Gasteiger partial charge in [0.25, 0.3) is 0 Å². The van der Waals surface area contributed by atoms with E-state index in [9.17, 15) is 0 Å². The van der Waals surface area contributed by atoms with Crippen molar-refractivity contribution in [2.75, 3.05) is 39.3 Å². The first-order valence-electron chi connectivity index (χ1n) is 6.59. The molecule has 0 bridgehead atoms. The normalized spacial score (nSPS) is 23.7. The van der Waals surface area contributed by atoms with Gasteiger partial charge in [0.2, 0.25) is 0 Å². The second kappa shape index (κ2) is 6.09. The fraction of sp³-hybridized carbons (Fsp3) is 0.917. The van der Waals surface area contributed by atoms with Crippen LogP contribution in [-0.2, 0) is 0 Å². The molecule has 1 fully saturated rings. The summed E-state index contributed by atoms with van der Waals surface area (Å²) in [6, 6.07) is 0. The standard InChI is InChI=1S/C12H24N4/c1-11-3-8-16(9-4-11)10-7-15-12-13-5-2-6-14-12/h11H,2-10H2,1H3,(H2,13,14,15). The smallest absolute Gasteiger partial charge is 0.191 e. The van der Waals surface area contributed by atoms with Crippen molar-refractivity contribution >= 4 is 5.96 Å². The van der Waals surface area contributed by atoms with Gasteiger partial charge in [0.1, 0.15) is 0 Å². The van der Waals surface area contributed by atoms with Crippen molar-refractivity contribution in [1.29, 1.82) is 0 Å². The Hall–Kier alpha value is -0.770. The third kappa shape index (κ3) is 3.67. The molecule has 0 aromatic rings. The molecule has 2 heterocycles. The van der Waals surface area contributed by atoms with Crippen LogP contribution < -0.4 is 10.6 Å². The first-order chi connectivity index (χ1) is 7.84. The van der Waals surface area contributed by atoms with Gasteiger partial charge in [-0.15, -0.1) is 0 Å². The molecule has 2 rings (SSSR count). The van der Waals surface area contributed by atoms with Crippen molar-refractivity contribution in [2.45, 2.75) is 26.2 Å². The molecule has 92 valence electrons. The topological polar surface area (TPSA) is 39.7 Å². The fourth-order valence-corrected chi connectivity index (χ4v) is 2.27. The number of hydrogen-bond donors (Lipinski definition) is 2. The highest BCUT2D eigenvalue weighted by Crippen LogP contribution is 2.14. The maximum Gasteiger partial charge on any atom is 0.191 e. The zero-order valence-corrected chi connectivity index (χ0v) is 10.3. The summed E-state index contributed by atoms with van der Waals surface area (Å²) < 4.78 is 0. The van der Waals surface area contributed by atoms with Crippen LogP contribution in [0.4, 0.5) is 0 Å². The minimum Gasteiger partial charge on any atom is -0.356 e.